The lowest BCUT2D eigenvalue weighted by Gasteiger charge is -2.22. The minimum atomic E-state index is -0.659. The molecule has 0 unspecified atom stereocenters. The fraction of sp³-hybridized carbons (Fsp3) is 0.375. The molecular formula is C16H17NO3. The summed E-state index contributed by atoms with van der Waals surface area (Å²) in [5.41, 5.74) is 6.21. The van der Waals surface area contributed by atoms with Crippen LogP contribution in [-0.2, 0) is 0 Å². The maximum atomic E-state index is 12.7. The Labute approximate surface area is 116 Å². The Morgan fingerprint density at radius 3 is 2.55 bits per heavy atom. The van der Waals surface area contributed by atoms with Crippen LogP contribution in [0.25, 0.3) is 11.0 Å². The van der Waals surface area contributed by atoms with Gasteiger partial charge >= 0.3 is 0 Å². The highest BCUT2D eigenvalue weighted by atomic mass is 16.3. The zero-order valence-electron chi connectivity index (χ0n) is 11.2. The molecule has 0 bridgehead atoms. The van der Waals surface area contributed by atoms with E-state index in [0.29, 0.717) is 16.5 Å². The quantitative estimate of drug-likeness (QED) is 0.912. The zero-order valence-corrected chi connectivity index (χ0v) is 11.2. The van der Waals surface area contributed by atoms with Gasteiger partial charge in [-0.25, -0.2) is 0 Å². The lowest BCUT2D eigenvalue weighted by Crippen LogP contribution is -2.24. The van der Waals surface area contributed by atoms with Crippen molar-refractivity contribution in [2.45, 2.75) is 38.0 Å². The van der Waals surface area contributed by atoms with Crippen LogP contribution < -0.4 is 11.2 Å². The number of primary amides is 1. The summed E-state index contributed by atoms with van der Waals surface area (Å²) in [5.74, 6) is -0.527. The fourth-order valence-electron chi connectivity index (χ4n) is 3.10. The number of hydrogen-bond acceptors (Lipinski definition) is 3. The highest BCUT2D eigenvalue weighted by Crippen LogP contribution is 2.33. The lowest BCUT2D eigenvalue weighted by molar-refractivity contribution is 0.0971. The van der Waals surface area contributed by atoms with Crippen molar-refractivity contribution in [1.29, 1.82) is 0 Å². The van der Waals surface area contributed by atoms with E-state index in [4.69, 9.17) is 10.2 Å². The van der Waals surface area contributed by atoms with Gasteiger partial charge in [-0.3, -0.25) is 9.59 Å². The van der Waals surface area contributed by atoms with Gasteiger partial charge in [0.2, 0.25) is 0 Å². The molecule has 1 aliphatic rings. The number of rotatable bonds is 2. The molecule has 20 heavy (non-hydrogen) atoms. The molecule has 1 fully saturated rings. The van der Waals surface area contributed by atoms with Crippen LogP contribution in [0.3, 0.4) is 0 Å². The van der Waals surface area contributed by atoms with E-state index in [1.54, 1.807) is 24.3 Å². The first-order valence-electron chi connectivity index (χ1n) is 7.04. The Morgan fingerprint density at radius 1 is 1.15 bits per heavy atom. The molecular weight excluding hydrogens is 254 g/mol. The Hall–Kier alpha value is -2.10. The second kappa shape index (κ2) is 5.12. The molecule has 0 aliphatic heterocycles. The Morgan fingerprint density at radius 2 is 1.85 bits per heavy atom. The van der Waals surface area contributed by atoms with E-state index in [0.717, 1.165) is 25.7 Å². The Kier molecular flexibility index (Phi) is 3.30. The molecule has 0 radical (unpaired) electrons. The van der Waals surface area contributed by atoms with Crippen molar-refractivity contribution < 1.29 is 9.21 Å². The average molecular weight is 271 g/mol. The molecule has 0 spiro atoms. The number of para-hydroxylation sites is 1. The molecule has 1 heterocycles. The van der Waals surface area contributed by atoms with Crippen LogP contribution in [0.2, 0.25) is 0 Å². The van der Waals surface area contributed by atoms with Gasteiger partial charge in [0.1, 0.15) is 5.58 Å². The van der Waals surface area contributed by atoms with E-state index in [1.165, 1.54) is 6.42 Å². The molecule has 3 rings (SSSR count). The van der Waals surface area contributed by atoms with Gasteiger partial charge in [0.15, 0.2) is 11.2 Å². The van der Waals surface area contributed by atoms with E-state index in [2.05, 4.69) is 0 Å². The molecule has 0 saturated heterocycles. The van der Waals surface area contributed by atoms with Gasteiger partial charge in [-0.05, 0) is 30.9 Å². The summed E-state index contributed by atoms with van der Waals surface area (Å²) in [4.78, 5) is 24.3. The number of fused-ring (bicyclic) bond motifs is 1. The third-order valence-corrected chi connectivity index (χ3v) is 4.07. The van der Waals surface area contributed by atoms with Crippen molar-refractivity contribution >= 4 is 16.9 Å². The highest BCUT2D eigenvalue weighted by Gasteiger charge is 2.26. The third kappa shape index (κ3) is 2.11. The largest absolute Gasteiger partial charge is 0.450 e. The van der Waals surface area contributed by atoms with Gasteiger partial charge in [-0.15, -0.1) is 0 Å². The number of amides is 1. The summed E-state index contributed by atoms with van der Waals surface area (Å²) in [6.07, 6.45) is 5.18. The summed E-state index contributed by atoms with van der Waals surface area (Å²) in [6.45, 7) is 0. The maximum Gasteiger partial charge on any atom is 0.284 e. The molecule has 1 aromatic heterocycles. The lowest BCUT2D eigenvalue weighted by atomic mass is 9.83. The normalized spacial score (nSPS) is 16.4. The van der Waals surface area contributed by atoms with Gasteiger partial charge in [0.05, 0.1) is 10.9 Å². The van der Waals surface area contributed by atoms with Crippen LogP contribution in [0, 0.1) is 0 Å². The van der Waals surface area contributed by atoms with Gasteiger partial charge in [-0.2, -0.15) is 0 Å². The summed E-state index contributed by atoms with van der Waals surface area (Å²) < 4.78 is 5.61. The molecule has 0 atom stereocenters. The Bertz CT molecular complexity index is 711. The molecule has 1 aromatic carbocycles. The van der Waals surface area contributed by atoms with Crippen molar-refractivity contribution in [3.8, 4) is 0 Å². The molecule has 4 heteroatoms. The molecule has 2 aromatic rings. The van der Waals surface area contributed by atoms with Crippen LogP contribution in [0.15, 0.2) is 33.5 Å². The standard InChI is InChI=1S/C16H17NO3/c17-16(19)15-13(10-6-2-1-3-7-10)14(18)11-8-4-5-9-12(11)20-15/h4-5,8-10H,1-3,6-7H2,(H2,17,19). The molecule has 104 valence electrons. The number of benzene rings is 1. The summed E-state index contributed by atoms with van der Waals surface area (Å²) in [7, 11) is 0. The first-order chi connectivity index (χ1) is 9.68. The molecule has 1 amide bonds. The van der Waals surface area contributed by atoms with E-state index in [-0.39, 0.29) is 17.1 Å². The number of carbonyl (C=O) groups excluding carboxylic acids is 1. The number of nitrogens with two attached hydrogens (primary N) is 1. The van der Waals surface area contributed by atoms with Crippen LogP contribution in [0.4, 0.5) is 0 Å². The Balaban J connectivity index is 2.27. The highest BCUT2D eigenvalue weighted by molar-refractivity contribution is 5.93. The van der Waals surface area contributed by atoms with Crippen LogP contribution in [-0.4, -0.2) is 5.91 Å². The zero-order chi connectivity index (χ0) is 14.1. The van der Waals surface area contributed by atoms with E-state index >= 15 is 0 Å². The monoisotopic (exact) mass is 271 g/mol. The predicted molar refractivity (Wildman–Crippen MR) is 76.8 cm³/mol. The molecule has 1 aliphatic carbocycles. The van der Waals surface area contributed by atoms with Crippen LogP contribution >= 0.6 is 0 Å². The van der Waals surface area contributed by atoms with Crippen molar-refractivity contribution in [3.05, 3.63) is 45.8 Å². The van der Waals surface area contributed by atoms with Crippen LogP contribution in [0.1, 0.15) is 54.1 Å². The van der Waals surface area contributed by atoms with Crippen molar-refractivity contribution in [3.63, 3.8) is 0 Å². The minimum Gasteiger partial charge on any atom is -0.450 e. The maximum absolute atomic E-state index is 12.7. The van der Waals surface area contributed by atoms with Gasteiger partial charge in [-0.1, -0.05) is 31.4 Å². The van der Waals surface area contributed by atoms with Crippen molar-refractivity contribution in [1.82, 2.24) is 0 Å². The average Bonchev–Trinajstić information content (AvgIpc) is 2.48. The van der Waals surface area contributed by atoms with E-state index < -0.39 is 5.91 Å². The van der Waals surface area contributed by atoms with E-state index in [1.807, 2.05) is 0 Å². The number of carbonyl (C=O) groups is 1. The van der Waals surface area contributed by atoms with Gasteiger partial charge in [0, 0.05) is 0 Å². The van der Waals surface area contributed by atoms with Crippen LogP contribution in [0.5, 0.6) is 0 Å². The summed E-state index contributed by atoms with van der Waals surface area (Å²) in [6, 6.07) is 7.00. The third-order valence-electron chi connectivity index (χ3n) is 4.07. The molecule has 2 N–H and O–H groups in total. The topological polar surface area (TPSA) is 73.3 Å². The van der Waals surface area contributed by atoms with Gasteiger partial charge in [0.25, 0.3) is 5.91 Å². The first-order valence-corrected chi connectivity index (χ1v) is 7.04. The second-order valence-corrected chi connectivity index (χ2v) is 5.37. The minimum absolute atomic E-state index is 0.0422. The fourth-order valence-corrected chi connectivity index (χ4v) is 3.10. The van der Waals surface area contributed by atoms with Gasteiger partial charge < -0.3 is 10.2 Å². The summed E-state index contributed by atoms with van der Waals surface area (Å²) >= 11 is 0. The number of hydrogen-bond donors (Lipinski definition) is 1. The van der Waals surface area contributed by atoms with E-state index in [9.17, 15) is 9.59 Å². The van der Waals surface area contributed by atoms with Crippen molar-refractivity contribution in [2.75, 3.05) is 0 Å². The SMILES string of the molecule is NC(=O)c1oc2ccccc2c(=O)c1C1CCCCC1. The smallest absolute Gasteiger partial charge is 0.284 e. The molecule has 4 nitrogen and oxygen atoms in total. The first kappa shape index (κ1) is 12.9. The second-order valence-electron chi connectivity index (χ2n) is 5.37. The predicted octanol–water partition coefficient (Wildman–Crippen LogP) is 2.94. The van der Waals surface area contributed by atoms with Crippen molar-refractivity contribution in [2.24, 2.45) is 5.73 Å². The summed E-state index contributed by atoms with van der Waals surface area (Å²) in [5, 5.41) is 0.526. The molecule has 1 saturated carbocycles.